The predicted octanol–water partition coefficient (Wildman–Crippen LogP) is 4.43. The van der Waals surface area contributed by atoms with Crippen molar-refractivity contribution < 1.29 is 9.59 Å². The van der Waals surface area contributed by atoms with Crippen LogP contribution in [0.1, 0.15) is 30.5 Å². The minimum atomic E-state index is -0.492. The molecular formula is C21H18N4O2S3. The molecule has 9 heteroatoms. The number of benzene rings is 1. The summed E-state index contributed by atoms with van der Waals surface area (Å²) >= 11 is 4.45. The molecule has 6 nitrogen and oxygen atoms in total. The van der Waals surface area contributed by atoms with E-state index in [1.54, 1.807) is 17.4 Å². The largest absolute Gasteiger partial charge is 0.365 e. The summed E-state index contributed by atoms with van der Waals surface area (Å²) in [7, 11) is 2.04. The van der Waals surface area contributed by atoms with Crippen LogP contribution in [0.5, 0.6) is 0 Å². The molecule has 0 saturated heterocycles. The molecule has 30 heavy (non-hydrogen) atoms. The average Bonchev–Trinajstić information content (AvgIpc) is 3.43. The van der Waals surface area contributed by atoms with Crippen LogP contribution in [-0.2, 0) is 13.0 Å². The van der Waals surface area contributed by atoms with E-state index in [2.05, 4.69) is 15.2 Å². The van der Waals surface area contributed by atoms with Crippen LogP contribution in [0.15, 0.2) is 36.4 Å². The molecule has 0 atom stereocenters. The first kappa shape index (κ1) is 19.4. The maximum Gasteiger partial charge on any atom is 0.266 e. The van der Waals surface area contributed by atoms with Crippen LogP contribution in [0.2, 0.25) is 0 Å². The molecule has 4 aromatic rings. The molecule has 0 spiro atoms. The maximum atomic E-state index is 12.9. The van der Waals surface area contributed by atoms with Gasteiger partial charge in [-0.15, -0.1) is 34.0 Å². The number of hydrogen-bond acceptors (Lipinski definition) is 7. The van der Waals surface area contributed by atoms with Crippen molar-refractivity contribution in [1.29, 1.82) is 0 Å². The van der Waals surface area contributed by atoms with Gasteiger partial charge in [-0.1, -0.05) is 12.1 Å². The molecule has 5 rings (SSSR count). The number of likely N-dealkylation sites (N-methyl/N-ethyl adjacent to an activating group) is 1. The second-order valence-electron chi connectivity index (χ2n) is 7.16. The van der Waals surface area contributed by atoms with E-state index in [0.717, 1.165) is 50.1 Å². The summed E-state index contributed by atoms with van der Waals surface area (Å²) in [4.78, 5) is 34.5. The van der Waals surface area contributed by atoms with Crippen molar-refractivity contribution >= 4 is 61.0 Å². The predicted molar refractivity (Wildman–Crippen MR) is 124 cm³/mol. The van der Waals surface area contributed by atoms with Crippen molar-refractivity contribution in [1.82, 2.24) is 9.88 Å². The maximum absolute atomic E-state index is 12.9. The molecule has 1 aliphatic rings. The molecule has 0 saturated carbocycles. The van der Waals surface area contributed by atoms with Crippen molar-refractivity contribution in [2.75, 3.05) is 18.9 Å². The molecule has 0 unspecified atom stereocenters. The summed E-state index contributed by atoms with van der Waals surface area (Å²) in [6.07, 6.45) is 0.761. The molecule has 0 aliphatic carbocycles. The van der Waals surface area contributed by atoms with Gasteiger partial charge in [0.15, 0.2) is 0 Å². The Morgan fingerprint density at radius 1 is 1.13 bits per heavy atom. The summed E-state index contributed by atoms with van der Waals surface area (Å²) in [5, 5.41) is 4.37. The van der Waals surface area contributed by atoms with E-state index in [1.807, 2.05) is 37.4 Å². The number of nitrogens with one attached hydrogen (secondary N) is 1. The third-order valence-electron chi connectivity index (χ3n) is 5.06. The molecule has 1 aromatic carbocycles. The zero-order valence-electron chi connectivity index (χ0n) is 16.1. The number of para-hydroxylation sites is 1. The van der Waals surface area contributed by atoms with Crippen LogP contribution >= 0.6 is 34.0 Å². The number of fused-ring (bicyclic) bond motifs is 2. The van der Waals surface area contributed by atoms with Gasteiger partial charge in [0.25, 0.3) is 11.8 Å². The first-order chi connectivity index (χ1) is 14.5. The third kappa shape index (κ3) is 3.43. The Morgan fingerprint density at radius 2 is 1.97 bits per heavy atom. The topological polar surface area (TPSA) is 88.3 Å². The number of primary amides is 1. The molecule has 1 aliphatic heterocycles. The molecule has 0 radical (unpaired) electrons. The quantitative estimate of drug-likeness (QED) is 0.478. The molecule has 0 bridgehead atoms. The number of carbonyl (C=O) groups is 2. The van der Waals surface area contributed by atoms with Gasteiger partial charge >= 0.3 is 0 Å². The Morgan fingerprint density at radius 3 is 2.77 bits per heavy atom. The van der Waals surface area contributed by atoms with Gasteiger partial charge in [-0.3, -0.25) is 9.59 Å². The zero-order valence-corrected chi connectivity index (χ0v) is 18.5. The summed E-state index contributed by atoms with van der Waals surface area (Å²) < 4.78 is 1.12. The molecule has 2 amide bonds. The van der Waals surface area contributed by atoms with Crippen LogP contribution in [0.3, 0.4) is 0 Å². The lowest BCUT2D eigenvalue weighted by Gasteiger charge is -2.22. The number of hydrogen-bond donors (Lipinski definition) is 2. The van der Waals surface area contributed by atoms with Gasteiger partial charge in [0.2, 0.25) is 0 Å². The number of aromatic nitrogens is 1. The average molecular weight is 455 g/mol. The lowest BCUT2D eigenvalue weighted by Crippen LogP contribution is -2.27. The minimum Gasteiger partial charge on any atom is -0.365 e. The first-order valence-electron chi connectivity index (χ1n) is 9.39. The van der Waals surface area contributed by atoms with Crippen LogP contribution in [-0.4, -0.2) is 35.3 Å². The smallest absolute Gasteiger partial charge is 0.266 e. The Bertz CT molecular complexity index is 1250. The minimum absolute atomic E-state index is 0.234. The normalized spacial score (nSPS) is 14.0. The van der Waals surface area contributed by atoms with Gasteiger partial charge in [0, 0.05) is 18.0 Å². The second-order valence-corrected chi connectivity index (χ2v) is 10.4. The van der Waals surface area contributed by atoms with Crippen LogP contribution in [0.4, 0.5) is 5.00 Å². The first-order valence-corrected chi connectivity index (χ1v) is 11.8. The van der Waals surface area contributed by atoms with Gasteiger partial charge in [-0.2, -0.15) is 0 Å². The molecular weight excluding hydrogens is 436 g/mol. The van der Waals surface area contributed by atoms with Gasteiger partial charge in [-0.25, -0.2) is 4.98 Å². The highest BCUT2D eigenvalue weighted by atomic mass is 32.1. The number of nitrogens with zero attached hydrogens (tertiary/aromatic N) is 2. The molecule has 4 heterocycles. The number of amides is 2. The molecule has 152 valence electrons. The van der Waals surface area contributed by atoms with E-state index >= 15 is 0 Å². The zero-order chi connectivity index (χ0) is 20.8. The van der Waals surface area contributed by atoms with Gasteiger partial charge in [0.1, 0.15) is 10.0 Å². The van der Waals surface area contributed by atoms with Gasteiger partial charge < -0.3 is 16.0 Å². The Balaban J connectivity index is 1.42. The number of carbonyl (C=O) groups excluding carboxylic acids is 2. The van der Waals surface area contributed by atoms with Crippen molar-refractivity contribution in [3.05, 3.63) is 57.3 Å². The SMILES string of the molecule is CN1CCc2c(sc(NC(=O)c3ccc(-c4nc5ccccc5s4)s3)c2C(N)=O)C1. The van der Waals surface area contributed by atoms with E-state index in [9.17, 15) is 9.59 Å². The highest BCUT2D eigenvalue weighted by Crippen LogP contribution is 2.38. The fourth-order valence-electron chi connectivity index (χ4n) is 3.60. The molecule has 3 aromatic heterocycles. The number of thiophene rings is 2. The number of nitrogens with two attached hydrogens (primary N) is 1. The monoisotopic (exact) mass is 454 g/mol. The lowest BCUT2D eigenvalue weighted by molar-refractivity contribution is 0.1000. The molecule has 3 N–H and O–H groups in total. The second kappa shape index (κ2) is 7.59. The van der Waals surface area contributed by atoms with Crippen molar-refractivity contribution in [2.24, 2.45) is 5.73 Å². The Hall–Kier alpha value is -2.59. The fourth-order valence-corrected chi connectivity index (χ4v) is 6.85. The van der Waals surface area contributed by atoms with Crippen molar-refractivity contribution in [3.8, 4) is 9.88 Å². The summed E-state index contributed by atoms with van der Waals surface area (Å²) in [5.41, 5.74) is 8.04. The fraction of sp³-hybridized carbons (Fsp3) is 0.190. The van der Waals surface area contributed by atoms with E-state index in [0.29, 0.717) is 15.4 Å². The van der Waals surface area contributed by atoms with Gasteiger partial charge in [0.05, 0.1) is 25.5 Å². The Kier molecular flexibility index (Phi) is 4.90. The van der Waals surface area contributed by atoms with Crippen LogP contribution in [0.25, 0.3) is 20.1 Å². The van der Waals surface area contributed by atoms with E-state index in [1.165, 1.54) is 22.7 Å². The van der Waals surface area contributed by atoms with Crippen LogP contribution in [0, 0.1) is 0 Å². The number of anilines is 1. The lowest BCUT2D eigenvalue weighted by atomic mass is 10.0. The van der Waals surface area contributed by atoms with Crippen LogP contribution < -0.4 is 11.1 Å². The third-order valence-corrected chi connectivity index (χ3v) is 8.48. The molecule has 0 fully saturated rings. The Labute approximate surface area is 185 Å². The summed E-state index contributed by atoms with van der Waals surface area (Å²) in [6, 6.07) is 11.7. The highest BCUT2D eigenvalue weighted by molar-refractivity contribution is 7.26. The number of thiazole rings is 1. The van der Waals surface area contributed by atoms with E-state index in [-0.39, 0.29) is 5.91 Å². The standard InChI is InChI=1S/C21H18N4O2S3/c1-25-9-8-11-16(10-25)30-21(17(11)18(22)26)24-19(27)14-6-7-15(28-14)20-23-12-4-2-3-5-13(12)29-20/h2-7H,8-10H2,1H3,(H2,22,26)(H,24,27). The number of rotatable bonds is 4. The highest BCUT2D eigenvalue weighted by Gasteiger charge is 2.27. The van der Waals surface area contributed by atoms with Gasteiger partial charge in [-0.05, 0) is 43.3 Å². The summed E-state index contributed by atoms with van der Waals surface area (Å²) in [5.74, 6) is -0.726. The van der Waals surface area contributed by atoms with Crippen molar-refractivity contribution in [3.63, 3.8) is 0 Å². The van der Waals surface area contributed by atoms with E-state index < -0.39 is 5.91 Å². The van der Waals surface area contributed by atoms with Crippen molar-refractivity contribution in [2.45, 2.75) is 13.0 Å². The van der Waals surface area contributed by atoms with E-state index in [4.69, 9.17) is 5.73 Å². The summed E-state index contributed by atoms with van der Waals surface area (Å²) in [6.45, 7) is 1.63.